The van der Waals surface area contributed by atoms with E-state index < -0.39 is 0 Å². The van der Waals surface area contributed by atoms with Gasteiger partial charge in [-0.2, -0.15) is 5.10 Å². The first-order valence-corrected chi connectivity index (χ1v) is 5.83. The van der Waals surface area contributed by atoms with Gasteiger partial charge in [0.25, 0.3) is 0 Å². The van der Waals surface area contributed by atoms with Crippen LogP contribution in [0, 0.1) is 5.92 Å². The van der Waals surface area contributed by atoms with Gasteiger partial charge in [0.2, 0.25) is 0 Å². The van der Waals surface area contributed by atoms with Gasteiger partial charge in [0.15, 0.2) is 0 Å². The second-order valence-corrected chi connectivity index (χ2v) is 4.48. The molecule has 0 aliphatic rings. The van der Waals surface area contributed by atoms with Gasteiger partial charge in [-0.1, -0.05) is 6.92 Å². The molecule has 14 heavy (non-hydrogen) atoms. The van der Waals surface area contributed by atoms with E-state index in [-0.39, 0.29) is 0 Å². The summed E-state index contributed by atoms with van der Waals surface area (Å²) in [6.07, 6.45) is 2.94. The summed E-state index contributed by atoms with van der Waals surface area (Å²) in [5.41, 5.74) is 1.30. The molecule has 1 atom stereocenters. The molecule has 0 aliphatic carbocycles. The molecule has 0 radical (unpaired) electrons. The number of hydrogen-bond donors (Lipinski definition) is 1. The van der Waals surface area contributed by atoms with E-state index in [1.165, 1.54) is 5.69 Å². The Labute approximate surface area is 94.0 Å². The topological polar surface area (TPSA) is 29.9 Å². The predicted molar refractivity (Wildman–Crippen MR) is 62.4 cm³/mol. The molecule has 1 aromatic heterocycles. The third kappa shape index (κ3) is 2.82. The Bertz CT molecular complexity index is 283. The zero-order valence-electron chi connectivity index (χ0n) is 9.05. The first kappa shape index (κ1) is 11.7. The van der Waals surface area contributed by atoms with Crippen LogP contribution in [0.25, 0.3) is 0 Å². The zero-order valence-corrected chi connectivity index (χ0v) is 10.6. The summed E-state index contributed by atoms with van der Waals surface area (Å²) in [5, 5.41) is 7.49. The Hall–Kier alpha value is -0.350. The molecule has 1 aromatic rings. The van der Waals surface area contributed by atoms with Gasteiger partial charge in [0.1, 0.15) is 0 Å². The van der Waals surface area contributed by atoms with Gasteiger partial charge in [-0.3, -0.25) is 4.68 Å². The number of nitrogens with zero attached hydrogens (tertiary/aromatic N) is 2. The Morgan fingerprint density at radius 2 is 2.36 bits per heavy atom. The molecule has 0 aromatic carbocycles. The van der Waals surface area contributed by atoms with Crippen LogP contribution in [0.5, 0.6) is 0 Å². The number of halogens is 1. The summed E-state index contributed by atoms with van der Waals surface area (Å²) in [4.78, 5) is 0. The van der Waals surface area contributed by atoms with E-state index in [1.807, 2.05) is 13.2 Å². The van der Waals surface area contributed by atoms with Gasteiger partial charge in [0, 0.05) is 6.54 Å². The van der Waals surface area contributed by atoms with Crippen molar-refractivity contribution < 1.29 is 0 Å². The summed E-state index contributed by atoms with van der Waals surface area (Å²) >= 11 is 3.53. The molecule has 0 aliphatic heterocycles. The van der Waals surface area contributed by atoms with Crippen molar-refractivity contribution in [2.45, 2.75) is 26.8 Å². The molecule has 1 unspecified atom stereocenters. The maximum absolute atomic E-state index is 4.30. The van der Waals surface area contributed by atoms with Crippen molar-refractivity contribution in [2.24, 2.45) is 5.92 Å². The van der Waals surface area contributed by atoms with Crippen LogP contribution in [0.1, 0.15) is 19.5 Å². The minimum Gasteiger partial charge on any atom is -0.319 e. The van der Waals surface area contributed by atoms with E-state index in [9.17, 15) is 0 Å². The first-order valence-electron chi connectivity index (χ1n) is 5.03. The smallest absolute Gasteiger partial charge is 0.0635 e. The van der Waals surface area contributed by atoms with Gasteiger partial charge in [-0.25, -0.2) is 0 Å². The number of rotatable bonds is 5. The molecular weight excluding hydrogens is 242 g/mol. The molecule has 1 N–H and O–H groups in total. The lowest BCUT2D eigenvalue weighted by molar-refractivity contribution is 0.507. The highest BCUT2D eigenvalue weighted by Crippen LogP contribution is 2.19. The Morgan fingerprint density at radius 1 is 1.64 bits per heavy atom. The fourth-order valence-electron chi connectivity index (χ4n) is 1.61. The molecule has 0 bridgehead atoms. The SMILES string of the molecule is CCn1ncc(Br)c1CC(C)CNC. The van der Waals surface area contributed by atoms with Crippen LogP contribution in [0.3, 0.4) is 0 Å². The van der Waals surface area contributed by atoms with Crippen LogP contribution in [-0.2, 0) is 13.0 Å². The quantitative estimate of drug-likeness (QED) is 0.878. The maximum atomic E-state index is 4.30. The molecule has 1 heterocycles. The Kier molecular flexibility index (Phi) is 4.62. The Balaban J connectivity index is 2.68. The highest BCUT2D eigenvalue weighted by molar-refractivity contribution is 9.10. The standard InChI is InChI=1S/C10H18BrN3/c1-4-14-10(9(11)7-13-14)5-8(2)6-12-3/h7-8,12H,4-6H2,1-3H3. The van der Waals surface area contributed by atoms with E-state index in [0.717, 1.165) is 24.0 Å². The monoisotopic (exact) mass is 259 g/mol. The summed E-state index contributed by atoms with van der Waals surface area (Å²) < 4.78 is 3.18. The minimum absolute atomic E-state index is 0.637. The van der Waals surface area contributed by atoms with Gasteiger partial charge in [0.05, 0.1) is 16.4 Å². The van der Waals surface area contributed by atoms with E-state index in [0.29, 0.717) is 5.92 Å². The van der Waals surface area contributed by atoms with Crippen molar-refractivity contribution in [3.05, 3.63) is 16.4 Å². The highest BCUT2D eigenvalue weighted by Gasteiger charge is 2.11. The molecular formula is C10H18BrN3. The number of aromatic nitrogens is 2. The number of nitrogens with one attached hydrogen (secondary N) is 1. The molecule has 3 nitrogen and oxygen atoms in total. The second kappa shape index (κ2) is 5.51. The fourth-order valence-corrected chi connectivity index (χ4v) is 2.07. The molecule has 0 saturated heterocycles. The van der Waals surface area contributed by atoms with Crippen molar-refractivity contribution in [3.8, 4) is 0 Å². The van der Waals surface area contributed by atoms with Gasteiger partial charge in [-0.15, -0.1) is 0 Å². The molecule has 80 valence electrons. The molecule has 0 spiro atoms. The van der Waals surface area contributed by atoms with Crippen LogP contribution >= 0.6 is 15.9 Å². The lowest BCUT2D eigenvalue weighted by Gasteiger charge is -2.12. The lowest BCUT2D eigenvalue weighted by atomic mass is 10.1. The number of aryl methyl sites for hydroxylation is 1. The third-order valence-corrected chi connectivity index (χ3v) is 2.95. The van der Waals surface area contributed by atoms with Gasteiger partial charge in [-0.05, 0) is 48.8 Å². The van der Waals surface area contributed by atoms with E-state index in [1.54, 1.807) is 0 Å². The van der Waals surface area contributed by atoms with Crippen molar-refractivity contribution >= 4 is 15.9 Å². The average Bonchev–Trinajstić information content (AvgIpc) is 2.48. The summed E-state index contributed by atoms with van der Waals surface area (Å²) in [5.74, 6) is 0.637. The third-order valence-electron chi connectivity index (χ3n) is 2.29. The van der Waals surface area contributed by atoms with Crippen LogP contribution in [-0.4, -0.2) is 23.4 Å². The van der Waals surface area contributed by atoms with E-state index in [2.05, 4.69) is 44.9 Å². The van der Waals surface area contributed by atoms with Crippen molar-refractivity contribution in [1.82, 2.24) is 15.1 Å². The summed E-state index contributed by atoms with van der Waals surface area (Å²) in [7, 11) is 1.99. The van der Waals surface area contributed by atoms with Gasteiger partial charge < -0.3 is 5.32 Å². The molecule has 0 fully saturated rings. The number of hydrogen-bond acceptors (Lipinski definition) is 2. The lowest BCUT2D eigenvalue weighted by Crippen LogP contribution is -2.19. The fraction of sp³-hybridized carbons (Fsp3) is 0.700. The second-order valence-electron chi connectivity index (χ2n) is 3.62. The summed E-state index contributed by atoms with van der Waals surface area (Å²) in [6.45, 7) is 6.34. The molecule has 4 heteroatoms. The zero-order chi connectivity index (χ0) is 10.6. The molecule has 1 rings (SSSR count). The largest absolute Gasteiger partial charge is 0.319 e. The van der Waals surface area contributed by atoms with Crippen LogP contribution in [0.2, 0.25) is 0 Å². The van der Waals surface area contributed by atoms with Gasteiger partial charge >= 0.3 is 0 Å². The molecule has 0 amide bonds. The first-order chi connectivity index (χ1) is 6.69. The van der Waals surface area contributed by atoms with Crippen LogP contribution in [0.4, 0.5) is 0 Å². The Morgan fingerprint density at radius 3 is 2.93 bits per heavy atom. The highest BCUT2D eigenvalue weighted by atomic mass is 79.9. The van der Waals surface area contributed by atoms with E-state index in [4.69, 9.17) is 0 Å². The van der Waals surface area contributed by atoms with Crippen molar-refractivity contribution in [2.75, 3.05) is 13.6 Å². The predicted octanol–water partition coefficient (Wildman–Crippen LogP) is 2.06. The normalized spacial score (nSPS) is 13.1. The minimum atomic E-state index is 0.637. The summed E-state index contributed by atoms with van der Waals surface area (Å²) in [6, 6.07) is 0. The average molecular weight is 260 g/mol. The molecule has 0 saturated carbocycles. The van der Waals surface area contributed by atoms with Crippen LogP contribution in [0.15, 0.2) is 10.7 Å². The van der Waals surface area contributed by atoms with Crippen molar-refractivity contribution in [3.63, 3.8) is 0 Å². The maximum Gasteiger partial charge on any atom is 0.0635 e. The van der Waals surface area contributed by atoms with Crippen LogP contribution < -0.4 is 5.32 Å². The van der Waals surface area contributed by atoms with E-state index >= 15 is 0 Å². The van der Waals surface area contributed by atoms with Crippen molar-refractivity contribution in [1.29, 1.82) is 0 Å².